The minimum Gasteiger partial charge on any atom is -0.496 e. The lowest BCUT2D eigenvalue weighted by molar-refractivity contribution is 0.295. The summed E-state index contributed by atoms with van der Waals surface area (Å²) in [7, 11) is 1.75. The predicted molar refractivity (Wildman–Crippen MR) is 81.6 cm³/mol. The number of rotatable bonds is 8. The third-order valence-electron chi connectivity index (χ3n) is 3.35. The van der Waals surface area contributed by atoms with E-state index in [-0.39, 0.29) is 0 Å². The van der Waals surface area contributed by atoms with Crippen LogP contribution in [0, 0.1) is 0 Å². The van der Waals surface area contributed by atoms with Gasteiger partial charge in [-0.2, -0.15) is 0 Å². The van der Waals surface area contributed by atoms with E-state index in [0.29, 0.717) is 6.04 Å². The van der Waals surface area contributed by atoms with Crippen LogP contribution in [0.3, 0.4) is 0 Å². The van der Waals surface area contributed by atoms with E-state index in [1.807, 2.05) is 0 Å². The smallest absolute Gasteiger partial charge is 0.123 e. The highest BCUT2D eigenvalue weighted by Crippen LogP contribution is 2.21. The molecule has 0 saturated carbocycles. The first-order chi connectivity index (χ1) is 9.10. The first-order valence-electron chi connectivity index (χ1n) is 7.22. The summed E-state index contributed by atoms with van der Waals surface area (Å²) < 4.78 is 5.51. The number of hydrogen-bond acceptors (Lipinski definition) is 3. The fraction of sp³-hybridized carbons (Fsp3) is 0.625. The van der Waals surface area contributed by atoms with Gasteiger partial charge in [0.05, 0.1) is 7.11 Å². The second-order valence-electron chi connectivity index (χ2n) is 5.14. The lowest BCUT2D eigenvalue weighted by atomic mass is 10.1. The van der Waals surface area contributed by atoms with Crippen LogP contribution in [0.5, 0.6) is 5.75 Å². The van der Waals surface area contributed by atoms with E-state index < -0.39 is 0 Å². The second kappa shape index (κ2) is 8.18. The fourth-order valence-corrected chi connectivity index (χ4v) is 2.05. The van der Waals surface area contributed by atoms with Crippen molar-refractivity contribution in [3.05, 3.63) is 29.3 Å². The quantitative estimate of drug-likeness (QED) is 0.781. The Morgan fingerprint density at radius 1 is 1.21 bits per heavy atom. The lowest BCUT2D eigenvalue weighted by Crippen LogP contribution is -2.23. The molecule has 0 heterocycles. The largest absolute Gasteiger partial charge is 0.496 e. The maximum Gasteiger partial charge on any atom is 0.123 e. The van der Waals surface area contributed by atoms with Crippen LogP contribution in [0.25, 0.3) is 0 Å². The Balaban J connectivity index is 2.77. The number of ether oxygens (including phenoxy) is 1. The Morgan fingerprint density at radius 3 is 2.42 bits per heavy atom. The zero-order valence-electron chi connectivity index (χ0n) is 13.0. The summed E-state index contributed by atoms with van der Waals surface area (Å²) in [5.41, 5.74) is 2.54. The molecule has 1 aromatic rings. The third kappa shape index (κ3) is 5.21. The maximum absolute atomic E-state index is 5.51. The molecule has 0 amide bonds. The average molecular weight is 264 g/mol. The van der Waals surface area contributed by atoms with Gasteiger partial charge in [-0.25, -0.2) is 0 Å². The summed E-state index contributed by atoms with van der Waals surface area (Å²) in [5.74, 6) is 0.984. The normalized spacial score (nSPS) is 11.3. The van der Waals surface area contributed by atoms with Gasteiger partial charge in [0.15, 0.2) is 0 Å². The molecule has 0 atom stereocenters. The molecule has 0 saturated heterocycles. The monoisotopic (exact) mass is 264 g/mol. The fourth-order valence-electron chi connectivity index (χ4n) is 2.05. The van der Waals surface area contributed by atoms with Gasteiger partial charge in [0.25, 0.3) is 0 Å². The van der Waals surface area contributed by atoms with Gasteiger partial charge in [0.1, 0.15) is 5.75 Å². The minimum absolute atomic E-state index is 0.486. The highest BCUT2D eigenvalue weighted by atomic mass is 16.5. The van der Waals surface area contributed by atoms with E-state index in [1.165, 1.54) is 11.1 Å². The Kier molecular flexibility index (Phi) is 6.89. The molecule has 0 aliphatic rings. The molecule has 0 fully saturated rings. The third-order valence-corrected chi connectivity index (χ3v) is 3.35. The number of hydrogen-bond donors (Lipinski definition) is 1. The van der Waals surface area contributed by atoms with Crippen LogP contribution in [-0.2, 0) is 13.1 Å². The number of methoxy groups -OCH3 is 1. The van der Waals surface area contributed by atoms with Gasteiger partial charge in [-0.15, -0.1) is 0 Å². The van der Waals surface area contributed by atoms with E-state index in [4.69, 9.17) is 4.74 Å². The van der Waals surface area contributed by atoms with E-state index in [2.05, 4.69) is 56.1 Å². The summed E-state index contributed by atoms with van der Waals surface area (Å²) in [6, 6.07) is 7.03. The van der Waals surface area contributed by atoms with Gasteiger partial charge in [-0.3, -0.25) is 4.90 Å². The molecule has 1 aromatic carbocycles. The van der Waals surface area contributed by atoms with Crippen molar-refractivity contribution in [3.8, 4) is 5.75 Å². The SMILES string of the molecule is CCN(CC)Cc1ccc(CNC(C)C)c(OC)c1. The van der Waals surface area contributed by atoms with E-state index in [9.17, 15) is 0 Å². The molecule has 108 valence electrons. The Bertz CT molecular complexity index is 373. The molecule has 3 heteroatoms. The zero-order chi connectivity index (χ0) is 14.3. The van der Waals surface area contributed by atoms with Crippen molar-refractivity contribution in [1.29, 1.82) is 0 Å². The topological polar surface area (TPSA) is 24.5 Å². The van der Waals surface area contributed by atoms with Gasteiger partial charge >= 0.3 is 0 Å². The highest BCUT2D eigenvalue weighted by molar-refractivity contribution is 5.37. The molecule has 0 spiro atoms. The molecule has 1 N–H and O–H groups in total. The van der Waals surface area contributed by atoms with Crippen molar-refractivity contribution >= 4 is 0 Å². The van der Waals surface area contributed by atoms with Crippen molar-refractivity contribution < 1.29 is 4.74 Å². The summed E-state index contributed by atoms with van der Waals surface area (Å²) in [4.78, 5) is 2.40. The van der Waals surface area contributed by atoms with E-state index in [0.717, 1.165) is 31.9 Å². The Hall–Kier alpha value is -1.06. The summed E-state index contributed by atoms with van der Waals surface area (Å²) in [6.45, 7) is 12.7. The molecule has 19 heavy (non-hydrogen) atoms. The van der Waals surface area contributed by atoms with Gasteiger partial charge in [0.2, 0.25) is 0 Å². The maximum atomic E-state index is 5.51. The second-order valence-corrected chi connectivity index (χ2v) is 5.14. The molecule has 3 nitrogen and oxygen atoms in total. The molecule has 0 bridgehead atoms. The Labute approximate surface area is 118 Å². The standard InChI is InChI=1S/C16H28N2O/c1-6-18(7-2)12-14-8-9-15(11-17-13(3)4)16(10-14)19-5/h8-10,13,17H,6-7,11-12H2,1-5H3. The van der Waals surface area contributed by atoms with Crippen LogP contribution in [0.1, 0.15) is 38.8 Å². The molecule has 0 aliphatic heterocycles. The summed E-state index contributed by atoms with van der Waals surface area (Å²) in [5, 5.41) is 3.43. The van der Waals surface area contributed by atoms with Crippen molar-refractivity contribution in [1.82, 2.24) is 10.2 Å². The van der Waals surface area contributed by atoms with Crippen LogP contribution in [0.2, 0.25) is 0 Å². The van der Waals surface area contributed by atoms with Crippen molar-refractivity contribution in [2.45, 2.75) is 46.8 Å². The summed E-state index contributed by atoms with van der Waals surface area (Å²) in [6.07, 6.45) is 0. The van der Waals surface area contributed by atoms with Crippen molar-refractivity contribution in [2.24, 2.45) is 0 Å². The predicted octanol–water partition coefficient (Wildman–Crippen LogP) is 3.04. The van der Waals surface area contributed by atoms with Crippen molar-refractivity contribution in [3.63, 3.8) is 0 Å². The van der Waals surface area contributed by atoms with Crippen LogP contribution in [0.15, 0.2) is 18.2 Å². The van der Waals surface area contributed by atoms with E-state index >= 15 is 0 Å². The molecular weight excluding hydrogens is 236 g/mol. The number of nitrogens with one attached hydrogen (secondary N) is 1. The van der Waals surface area contributed by atoms with Gasteiger partial charge in [-0.1, -0.05) is 39.8 Å². The molecule has 0 radical (unpaired) electrons. The lowest BCUT2D eigenvalue weighted by Gasteiger charge is -2.19. The molecule has 1 rings (SSSR count). The van der Waals surface area contributed by atoms with Crippen LogP contribution in [0.4, 0.5) is 0 Å². The first-order valence-corrected chi connectivity index (χ1v) is 7.22. The van der Waals surface area contributed by atoms with Crippen LogP contribution < -0.4 is 10.1 Å². The molecule has 0 aliphatic carbocycles. The Morgan fingerprint density at radius 2 is 1.89 bits per heavy atom. The molecular formula is C16H28N2O. The summed E-state index contributed by atoms with van der Waals surface area (Å²) >= 11 is 0. The van der Waals surface area contributed by atoms with Crippen molar-refractivity contribution in [2.75, 3.05) is 20.2 Å². The number of nitrogens with zero attached hydrogens (tertiary/aromatic N) is 1. The van der Waals surface area contributed by atoms with Gasteiger partial charge in [0, 0.05) is 24.7 Å². The molecule has 0 unspecified atom stereocenters. The van der Waals surface area contributed by atoms with Gasteiger partial charge in [-0.05, 0) is 24.7 Å². The number of benzene rings is 1. The first kappa shape index (κ1) is 16.0. The average Bonchev–Trinajstić information content (AvgIpc) is 2.42. The zero-order valence-corrected chi connectivity index (χ0v) is 13.0. The molecule has 0 aromatic heterocycles. The highest BCUT2D eigenvalue weighted by Gasteiger charge is 2.07. The minimum atomic E-state index is 0.486. The van der Waals surface area contributed by atoms with Crippen LogP contribution in [-0.4, -0.2) is 31.1 Å². The van der Waals surface area contributed by atoms with Crippen LogP contribution >= 0.6 is 0 Å². The van der Waals surface area contributed by atoms with Gasteiger partial charge < -0.3 is 10.1 Å². The van der Waals surface area contributed by atoms with E-state index in [1.54, 1.807) is 7.11 Å².